The van der Waals surface area contributed by atoms with E-state index in [1.54, 1.807) is 7.05 Å². The first-order valence-electron chi connectivity index (χ1n) is 5.69. The van der Waals surface area contributed by atoms with Crippen LogP contribution in [0.2, 0.25) is 0 Å². The number of aliphatic imine (C=N–C) groups is 1. The summed E-state index contributed by atoms with van der Waals surface area (Å²) >= 11 is 3.58. The number of anilines is 1. The van der Waals surface area contributed by atoms with E-state index in [2.05, 4.69) is 49.3 Å². The number of rotatable bonds is 2. The summed E-state index contributed by atoms with van der Waals surface area (Å²) in [5, 5.41) is 3.22. The van der Waals surface area contributed by atoms with Crippen LogP contribution in [-0.4, -0.2) is 32.1 Å². The van der Waals surface area contributed by atoms with Gasteiger partial charge in [0.2, 0.25) is 0 Å². The first-order valence-corrected chi connectivity index (χ1v) is 6.48. The third kappa shape index (κ3) is 3.74. The van der Waals surface area contributed by atoms with E-state index in [4.69, 9.17) is 5.73 Å². The Morgan fingerprint density at radius 3 is 2.89 bits per heavy atom. The summed E-state index contributed by atoms with van der Waals surface area (Å²) in [4.78, 5) is 6.27. The van der Waals surface area contributed by atoms with Gasteiger partial charge < -0.3 is 16.0 Å². The fraction of sp³-hybridized carbons (Fsp3) is 0.417. The van der Waals surface area contributed by atoms with Crippen LogP contribution in [0.3, 0.4) is 0 Å². The van der Waals surface area contributed by atoms with E-state index in [1.807, 2.05) is 6.07 Å². The van der Waals surface area contributed by atoms with Crippen molar-refractivity contribution in [3.8, 4) is 0 Å². The van der Waals surface area contributed by atoms with Crippen molar-refractivity contribution in [2.75, 3.05) is 25.0 Å². The highest BCUT2D eigenvalue weighted by Gasteiger charge is 2.23. The van der Waals surface area contributed by atoms with E-state index in [1.165, 1.54) is 5.69 Å². The first-order chi connectivity index (χ1) is 8.20. The second kappa shape index (κ2) is 7.18. The molecule has 0 aromatic heterocycles. The van der Waals surface area contributed by atoms with Gasteiger partial charge in [-0.25, -0.2) is 0 Å². The van der Waals surface area contributed by atoms with Crippen LogP contribution in [0.4, 0.5) is 5.69 Å². The lowest BCUT2D eigenvalue weighted by molar-refractivity contribution is 0.666. The Labute approximate surface area is 133 Å². The second-order valence-corrected chi connectivity index (χ2v) is 4.99. The van der Waals surface area contributed by atoms with E-state index in [0.717, 1.165) is 24.0 Å². The van der Waals surface area contributed by atoms with Crippen molar-refractivity contribution >= 4 is 51.6 Å². The van der Waals surface area contributed by atoms with E-state index < -0.39 is 0 Å². The van der Waals surface area contributed by atoms with Gasteiger partial charge in [-0.1, -0.05) is 12.1 Å². The molecule has 1 aromatic carbocycles. The first kappa shape index (κ1) is 15.6. The van der Waals surface area contributed by atoms with Crippen molar-refractivity contribution in [3.63, 3.8) is 0 Å². The number of hydrogen-bond acceptors (Lipinski definition) is 2. The van der Waals surface area contributed by atoms with Crippen molar-refractivity contribution in [2.45, 2.75) is 12.5 Å². The number of para-hydroxylation sites is 1. The van der Waals surface area contributed by atoms with Crippen molar-refractivity contribution in [2.24, 2.45) is 10.7 Å². The maximum absolute atomic E-state index is 5.68. The summed E-state index contributed by atoms with van der Waals surface area (Å²) in [5.74, 6) is 0.518. The molecule has 1 aliphatic rings. The van der Waals surface area contributed by atoms with Crippen LogP contribution in [0.5, 0.6) is 0 Å². The zero-order chi connectivity index (χ0) is 12.3. The Balaban J connectivity index is 0.00000162. The fourth-order valence-corrected chi connectivity index (χ4v) is 2.61. The maximum atomic E-state index is 5.68. The number of nitrogens with two attached hydrogens (primary N) is 1. The minimum atomic E-state index is 0. The van der Waals surface area contributed by atoms with E-state index in [9.17, 15) is 0 Å². The minimum Gasteiger partial charge on any atom is -0.370 e. The zero-order valence-electron chi connectivity index (χ0n) is 10.3. The van der Waals surface area contributed by atoms with E-state index in [-0.39, 0.29) is 24.0 Å². The molecule has 1 fully saturated rings. The summed E-state index contributed by atoms with van der Waals surface area (Å²) < 4.78 is 1.14. The van der Waals surface area contributed by atoms with Crippen LogP contribution in [0.25, 0.3) is 0 Å². The summed E-state index contributed by atoms with van der Waals surface area (Å²) in [6.07, 6.45) is 1.08. The summed E-state index contributed by atoms with van der Waals surface area (Å²) in [6, 6.07) is 8.66. The lowest BCUT2D eigenvalue weighted by Crippen LogP contribution is -2.41. The predicted molar refractivity (Wildman–Crippen MR) is 90.9 cm³/mol. The molecule has 1 atom stereocenters. The molecule has 0 radical (unpaired) electrons. The Morgan fingerprint density at radius 1 is 1.50 bits per heavy atom. The van der Waals surface area contributed by atoms with Gasteiger partial charge in [-0.2, -0.15) is 0 Å². The van der Waals surface area contributed by atoms with Crippen LogP contribution in [0, 0.1) is 0 Å². The van der Waals surface area contributed by atoms with Gasteiger partial charge in [-0.05, 0) is 34.5 Å². The molecule has 0 bridgehead atoms. The predicted octanol–water partition coefficient (Wildman–Crippen LogP) is 2.18. The van der Waals surface area contributed by atoms with Gasteiger partial charge in [0, 0.05) is 30.7 Å². The van der Waals surface area contributed by atoms with Crippen molar-refractivity contribution in [1.82, 2.24) is 5.32 Å². The molecule has 1 aliphatic heterocycles. The Morgan fingerprint density at radius 2 is 2.22 bits per heavy atom. The van der Waals surface area contributed by atoms with Gasteiger partial charge in [-0.15, -0.1) is 24.0 Å². The zero-order valence-corrected chi connectivity index (χ0v) is 14.2. The van der Waals surface area contributed by atoms with Crippen LogP contribution in [0.1, 0.15) is 6.42 Å². The minimum absolute atomic E-state index is 0. The topological polar surface area (TPSA) is 53.6 Å². The lowest BCUT2D eigenvalue weighted by atomic mass is 10.3. The number of guanidine groups is 1. The number of benzene rings is 1. The monoisotopic (exact) mass is 424 g/mol. The molecule has 1 saturated heterocycles. The highest BCUT2D eigenvalue weighted by Crippen LogP contribution is 2.28. The molecule has 1 unspecified atom stereocenters. The normalized spacial score (nSPS) is 19.6. The number of nitrogens with zero attached hydrogens (tertiary/aromatic N) is 2. The molecule has 0 aliphatic carbocycles. The van der Waals surface area contributed by atoms with Gasteiger partial charge in [0.25, 0.3) is 0 Å². The third-order valence-electron chi connectivity index (χ3n) is 2.97. The van der Waals surface area contributed by atoms with Crippen LogP contribution >= 0.6 is 39.9 Å². The Hall–Kier alpha value is -0.500. The largest absolute Gasteiger partial charge is 0.370 e. The summed E-state index contributed by atoms with van der Waals surface area (Å²) in [6.45, 7) is 2.00. The van der Waals surface area contributed by atoms with Crippen LogP contribution < -0.4 is 16.0 Å². The van der Waals surface area contributed by atoms with Gasteiger partial charge in [-0.3, -0.25) is 4.99 Å². The average Bonchev–Trinajstić information content (AvgIpc) is 2.78. The Bertz CT molecular complexity index is 424. The third-order valence-corrected chi connectivity index (χ3v) is 3.64. The smallest absolute Gasteiger partial charge is 0.188 e. The molecule has 6 heteroatoms. The van der Waals surface area contributed by atoms with Crippen molar-refractivity contribution in [3.05, 3.63) is 28.7 Å². The van der Waals surface area contributed by atoms with Gasteiger partial charge in [0.15, 0.2) is 5.96 Å². The summed E-state index contributed by atoms with van der Waals surface area (Å²) in [7, 11) is 1.70. The van der Waals surface area contributed by atoms with E-state index >= 15 is 0 Å². The molecule has 3 N–H and O–H groups in total. The number of halogens is 2. The number of hydrogen-bond donors (Lipinski definition) is 2. The number of nitrogens with one attached hydrogen (secondary N) is 1. The molecular weight excluding hydrogens is 407 g/mol. The standard InChI is InChI=1S/C12H17BrN4.HI/c1-15-12(14)16-9-6-7-17(8-9)11-5-3-2-4-10(11)13;/h2-5,9H,6-8H2,1H3,(H3,14,15,16);1H. The fourth-order valence-electron chi connectivity index (χ4n) is 2.08. The Kier molecular flexibility index (Phi) is 6.20. The highest BCUT2D eigenvalue weighted by molar-refractivity contribution is 14.0. The molecule has 1 aromatic rings. The molecule has 100 valence electrons. The van der Waals surface area contributed by atoms with Gasteiger partial charge >= 0.3 is 0 Å². The van der Waals surface area contributed by atoms with Crippen molar-refractivity contribution in [1.29, 1.82) is 0 Å². The quantitative estimate of drug-likeness (QED) is 0.434. The van der Waals surface area contributed by atoms with Gasteiger partial charge in [0.1, 0.15) is 0 Å². The average molecular weight is 425 g/mol. The maximum Gasteiger partial charge on any atom is 0.188 e. The molecule has 1 heterocycles. The summed E-state index contributed by atoms with van der Waals surface area (Å²) in [5.41, 5.74) is 6.92. The van der Waals surface area contributed by atoms with Crippen LogP contribution in [0.15, 0.2) is 33.7 Å². The SMILES string of the molecule is CN=C(N)NC1CCN(c2ccccc2Br)C1.I. The molecule has 0 amide bonds. The van der Waals surface area contributed by atoms with Crippen molar-refractivity contribution < 1.29 is 0 Å². The lowest BCUT2D eigenvalue weighted by Gasteiger charge is -2.20. The molecule has 0 saturated carbocycles. The molecular formula is C12H18BrIN4. The molecule has 18 heavy (non-hydrogen) atoms. The van der Waals surface area contributed by atoms with Crippen LogP contribution in [-0.2, 0) is 0 Å². The molecule has 0 spiro atoms. The van der Waals surface area contributed by atoms with E-state index in [0.29, 0.717) is 12.0 Å². The van der Waals surface area contributed by atoms with Gasteiger partial charge in [0.05, 0.1) is 5.69 Å². The second-order valence-electron chi connectivity index (χ2n) is 4.14. The highest BCUT2D eigenvalue weighted by atomic mass is 127. The molecule has 4 nitrogen and oxygen atoms in total. The molecule has 2 rings (SSSR count).